The number of hydrogen-bond donors (Lipinski definition) is 1. The highest BCUT2D eigenvalue weighted by atomic mass is 16.3. The lowest BCUT2D eigenvalue weighted by atomic mass is 9.73. The number of rotatable bonds is 3. The van der Waals surface area contributed by atoms with Crippen LogP contribution in [0.5, 0.6) is 5.75 Å². The van der Waals surface area contributed by atoms with Gasteiger partial charge in [-0.1, -0.05) is 90.9 Å². The summed E-state index contributed by atoms with van der Waals surface area (Å²) < 4.78 is 0. The van der Waals surface area contributed by atoms with Gasteiger partial charge in [0.25, 0.3) is 0 Å². The van der Waals surface area contributed by atoms with Crippen molar-refractivity contribution < 1.29 is 5.11 Å². The van der Waals surface area contributed by atoms with Crippen LogP contribution in [0.1, 0.15) is 76.6 Å². The molecule has 0 amide bonds. The first-order valence-corrected chi connectivity index (χ1v) is 14.1. The number of nitrogens with zero attached hydrogens (tertiary/aromatic N) is 3. The summed E-state index contributed by atoms with van der Waals surface area (Å²) in [5.74, 6) is 1.51. The van der Waals surface area contributed by atoms with E-state index in [0.29, 0.717) is 11.4 Å². The highest BCUT2D eigenvalue weighted by Crippen LogP contribution is 2.52. The van der Waals surface area contributed by atoms with Crippen molar-refractivity contribution in [1.82, 2.24) is 9.97 Å². The van der Waals surface area contributed by atoms with Gasteiger partial charge in [-0.2, -0.15) is 0 Å². The van der Waals surface area contributed by atoms with Crippen LogP contribution in [0.4, 0.5) is 17.2 Å². The third-order valence-corrected chi connectivity index (χ3v) is 8.34. The number of aromatic hydroxyl groups is 1. The summed E-state index contributed by atoms with van der Waals surface area (Å²) >= 11 is 0. The molecule has 0 aliphatic carbocycles. The van der Waals surface area contributed by atoms with Gasteiger partial charge in [-0.3, -0.25) is 4.90 Å². The van der Waals surface area contributed by atoms with E-state index in [1.54, 1.807) is 6.07 Å². The van der Waals surface area contributed by atoms with Crippen molar-refractivity contribution in [2.75, 3.05) is 4.90 Å². The Balaban J connectivity index is 1.57. The number of fused-ring (bicyclic) bond motifs is 3. The number of aromatic nitrogens is 2. The van der Waals surface area contributed by atoms with Crippen molar-refractivity contribution >= 4 is 28.1 Å². The van der Waals surface area contributed by atoms with Crippen molar-refractivity contribution in [3.8, 4) is 17.0 Å². The number of hydrogen-bond acceptors (Lipinski definition) is 4. The third-order valence-electron chi connectivity index (χ3n) is 8.34. The SMILES string of the molecule is CC(C)c1ccnc(N2c3ccccc3C(C)(C)c3ccc(-c4ccc5c(C(C)(C)C)ccc(O)c5n4)cc32)c1. The Morgan fingerprint density at radius 2 is 1.57 bits per heavy atom. The normalized spacial score (nSPS) is 14.3. The van der Waals surface area contributed by atoms with Crippen LogP contribution in [0.3, 0.4) is 0 Å². The zero-order chi connectivity index (χ0) is 28.4. The smallest absolute Gasteiger partial charge is 0.141 e. The predicted molar refractivity (Wildman–Crippen MR) is 166 cm³/mol. The van der Waals surface area contributed by atoms with Crippen LogP contribution in [-0.2, 0) is 10.8 Å². The Morgan fingerprint density at radius 1 is 0.825 bits per heavy atom. The van der Waals surface area contributed by atoms with E-state index in [1.807, 2.05) is 12.3 Å². The topological polar surface area (TPSA) is 49.2 Å². The van der Waals surface area contributed by atoms with Crippen molar-refractivity contribution in [1.29, 1.82) is 0 Å². The Hall–Kier alpha value is -4.18. The Labute approximate surface area is 237 Å². The average Bonchev–Trinajstić information content (AvgIpc) is 2.92. The monoisotopic (exact) mass is 527 g/mol. The second-order valence-electron chi connectivity index (χ2n) is 12.8. The summed E-state index contributed by atoms with van der Waals surface area (Å²) in [6, 6.07) is 27.5. The number of para-hydroxylation sites is 1. The summed E-state index contributed by atoms with van der Waals surface area (Å²) in [6.45, 7) is 15.6. The van der Waals surface area contributed by atoms with E-state index in [0.717, 1.165) is 33.8 Å². The number of phenols is 1. The van der Waals surface area contributed by atoms with Crippen LogP contribution in [0, 0.1) is 0 Å². The fraction of sp³-hybridized carbons (Fsp3) is 0.278. The van der Waals surface area contributed by atoms with Crippen LogP contribution in [-0.4, -0.2) is 15.1 Å². The molecule has 4 heteroatoms. The number of benzene rings is 3. The van der Waals surface area contributed by atoms with E-state index in [-0.39, 0.29) is 16.6 Å². The zero-order valence-electron chi connectivity index (χ0n) is 24.4. The molecule has 40 heavy (non-hydrogen) atoms. The van der Waals surface area contributed by atoms with E-state index in [4.69, 9.17) is 9.97 Å². The van der Waals surface area contributed by atoms with Crippen molar-refractivity contribution in [2.24, 2.45) is 0 Å². The van der Waals surface area contributed by atoms with E-state index in [2.05, 4.69) is 120 Å². The molecule has 2 aromatic heterocycles. The van der Waals surface area contributed by atoms with E-state index < -0.39 is 0 Å². The first-order chi connectivity index (χ1) is 19.0. The number of phenolic OH excluding ortho intramolecular Hbond substituents is 1. The maximum absolute atomic E-state index is 10.8. The van der Waals surface area contributed by atoms with Crippen LogP contribution < -0.4 is 4.90 Å². The zero-order valence-corrected chi connectivity index (χ0v) is 24.4. The minimum Gasteiger partial charge on any atom is -0.506 e. The molecule has 3 heterocycles. The maximum atomic E-state index is 10.8. The Kier molecular flexibility index (Phi) is 5.99. The fourth-order valence-electron chi connectivity index (χ4n) is 6.06. The standard InChI is InChI=1S/C36H37N3O/c1-22(2)23-18-19-37-33(21-23)39-30-11-9-8-10-27(30)36(6,7)28-14-12-24(20-31(28)39)29-16-13-25-26(35(3,4)5)15-17-32(40)34(25)38-29/h8-22,40H,1-7H3. The van der Waals surface area contributed by atoms with E-state index in [1.165, 1.54) is 22.3 Å². The van der Waals surface area contributed by atoms with Gasteiger partial charge in [-0.25, -0.2) is 9.97 Å². The molecular weight excluding hydrogens is 490 g/mol. The number of pyridine rings is 2. The van der Waals surface area contributed by atoms with Gasteiger partial charge in [-0.15, -0.1) is 0 Å². The molecular formula is C36H37N3O. The van der Waals surface area contributed by atoms with Gasteiger partial charge in [0.05, 0.1) is 17.1 Å². The molecule has 0 spiro atoms. The third kappa shape index (κ3) is 4.14. The lowest BCUT2D eigenvalue weighted by Gasteiger charge is -2.41. The molecule has 0 fully saturated rings. The van der Waals surface area contributed by atoms with Gasteiger partial charge in [0.2, 0.25) is 0 Å². The largest absolute Gasteiger partial charge is 0.506 e. The molecule has 0 atom stereocenters. The molecule has 5 aromatic rings. The molecule has 0 radical (unpaired) electrons. The van der Waals surface area contributed by atoms with E-state index >= 15 is 0 Å². The van der Waals surface area contributed by atoms with Crippen LogP contribution >= 0.6 is 0 Å². The highest BCUT2D eigenvalue weighted by Gasteiger charge is 2.37. The molecule has 202 valence electrons. The van der Waals surface area contributed by atoms with Gasteiger partial charge >= 0.3 is 0 Å². The van der Waals surface area contributed by atoms with Crippen LogP contribution in [0.25, 0.3) is 22.2 Å². The molecule has 6 rings (SSSR count). The van der Waals surface area contributed by atoms with Crippen LogP contribution in [0.15, 0.2) is 85.1 Å². The lowest BCUT2D eigenvalue weighted by molar-refractivity contribution is 0.479. The molecule has 0 bridgehead atoms. The van der Waals surface area contributed by atoms with E-state index in [9.17, 15) is 5.11 Å². The quantitative estimate of drug-likeness (QED) is 0.254. The van der Waals surface area contributed by atoms with Crippen molar-refractivity contribution in [2.45, 2.75) is 65.2 Å². The highest BCUT2D eigenvalue weighted by molar-refractivity contribution is 5.91. The van der Waals surface area contributed by atoms with Gasteiger partial charge in [0, 0.05) is 22.6 Å². The van der Waals surface area contributed by atoms with Gasteiger partial charge in [-0.05, 0) is 70.0 Å². The molecule has 1 aliphatic heterocycles. The van der Waals surface area contributed by atoms with Crippen molar-refractivity contribution in [3.63, 3.8) is 0 Å². The molecule has 0 saturated heterocycles. The summed E-state index contributed by atoms with van der Waals surface area (Å²) in [5, 5.41) is 11.8. The Morgan fingerprint density at radius 3 is 2.33 bits per heavy atom. The molecule has 0 saturated carbocycles. The maximum Gasteiger partial charge on any atom is 0.141 e. The summed E-state index contributed by atoms with van der Waals surface area (Å²) in [4.78, 5) is 12.1. The van der Waals surface area contributed by atoms with Gasteiger partial charge in [0.1, 0.15) is 17.1 Å². The average molecular weight is 528 g/mol. The molecule has 1 N–H and O–H groups in total. The first-order valence-electron chi connectivity index (χ1n) is 14.1. The molecule has 3 aromatic carbocycles. The summed E-state index contributed by atoms with van der Waals surface area (Å²) in [5.41, 5.74) is 9.41. The first kappa shape index (κ1) is 26.1. The fourth-order valence-corrected chi connectivity index (χ4v) is 6.06. The Bertz CT molecular complexity index is 1760. The van der Waals surface area contributed by atoms with Crippen LogP contribution in [0.2, 0.25) is 0 Å². The molecule has 0 unspecified atom stereocenters. The molecule has 4 nitrogen and oxygen atoms in total. The minimum atomic E-state index is -0.187. The summed E-state index contributed by atoms with van der Waals surface area (Å²) in [7, 11) is 0. The minimum absolute atomic E-state index is 0.0576. The lowest BCUT2D eigenvalue weighted by Crippen LogP contribution is -2.31. The van der Waals surface area contributed by atoms with Gasteiger partial charge in [0.15, 0.2) is 0 Å². The molecule has 1 aliphatic rings. The predicted octanol–water partition coefficient (Wildman–Crippen LogP) is 9.53. The van der Waals surface area contributed by atoms with Gasteiger partial charge < -0.3 is 5.11 Å². The van der Waals surface area contributed by atoms with Crippen molar-refractivity contribution in [3.05, 3.63) is 107 Å². The second kappa shape index (κ2) is 9.19. The number of anilines is 3. The second-order valence-corrected chi connectivity index (χ2v) is 12.8. The summed E-state index contributed by atoms with van der Waals surface area (Å²) in [6.07, 6.45) is 1.91.